The van der Waals surface area contributed by atoms with Gasteiger partial charge in [0.05, 0.1) is 33.4 Å². The summed E-state index contributed by atoms with van der Waals surface area (Å²) in [6, 6.07) is 23.3. The summed E-state index contributed by atoms with van der Waals surface area (Å²) in [6.07, 6.45) is 3.30. The summed E-state index contributed by atoms with van der Waals surface area (Å²) >= 11 is 0. The van der Waals surface area contributed by atoms with Gasteiger partial charge < -0.3 is 26.0 Å². The van der Waals surface area contributed by atoms with Crippen LogP contribution in [-0.2, 0) is 15.0 Å². The molecular weight excluding hydrogens is 532 g/mol. The van der Waals surface area contributed by atoms with Gasteiger partial charge in [0.2, 0.25) is 0 Å². The molecule has 3 aromatic carbocycles. The molecule has 5 aromatic rings. The number of hydrogen-bond acceptors (Lipinski definition) is 6. The summed E-state index contributed by atoms with van der Waals surface area (Å²) in [4.78, 5) is 49.5. The van der Waals surface area contributed by atoms with Gasteiger partial charge in [0.1, 0.15) is 0 Å². The Bertz CT molecular complexity index is 1860. The molecule has 6 rings (SSSR count). The standard InChI is InChI=1S/C32H26N6O4/c1-32(2,31(41)42)19-9-11-20(12-10-19)34-27(18-6-5-15-33-17-18)26-22-14-13-21(16-25(22)38-29(26)39)35-30(40)28-36-23-7-3-4-8-24(23)37-28/h3-17,34H,1-2H3,(H,35,40)(H,36,37)(H,38,39)(H,41,42)/b27-26-. The Morgan fingerprint density at radius 1 is 0.905 bits per heavy atom. The van der Waals surface area contributed by atoms with Gasteiger partial charge in [-0.1, -0.05) is 24.3 Å². The van der Waals surface area contributed by atoms with Crippen LogP contribution in [0.2, 0.25) is 0 Å². The molecule has 208 valence electrons. The lowest BCUT2D eigenvalue weighted by Gasteiger charge is -2.20. The van der Waals surface area contributed by atoms with Crippen molar-refractivity contribution >= 4 is 57.1 Å². The van der Waals surface area contributed by atoms with Crippen molar-refractivity contribution in [2.24, 2.45) is 0 Å². The van der Waals surface area contributed by atoms with Gasteiger partial charge in [-0.15, -0.1) is 0 Å². The van der Waals surface area contributed by atoms with E-state index in [0.717, 1.165) is 5.52 Å². The summed E-state index contributed by atoms with van der Waals surface area (Å²) in [5.41, 5.74) is 5.03. The number of imidazole rings is 1. The number of aromatic nitrogens is 3. The van der Waals surface area contributed by atoms with Crippen molar-refractivity contribution in [2.45, 2.75) is 19.3 Å². The molecule has 0 fully saturated rings. The van der Waals surface area contributed by atoms with E-state index in [-0.39, 0.29) is 11.7 Å². The van der Waals surface area contributed by atoms with Crippen LogP contribution in [0.5, 0.6) is 0 Å². The summed E-state index contributed by atoms with van der Waals surface area (Å²) in [5, 5.41) is 18.7. The Kier molecular flexibility index (Phi) is 6.50. The number of carboxylic acids is 1. The lowest BCUT2D eigenvalue weighted by atomic mass is 9.85. The van der Waals surface area contributed by atoms with Gasteiger partial charge in [-0.05, 0) is 74.0 Å². The van der Waals surface area contributed by atoms with Crippen LogP contribution in [0.3, 0.4) is 0 Å². The van der Waals surface area contributed by atoms with Crippen LogP contribution < -0.4 is 16.0 Å². The third kappa shape index (κ3) is 4.86. The molecule has 2 amide bonds. The fourth-order valence-electron chi connectivity index (χ4n) is 4.78. The highest BCUT2D eigenvalue weighted by Crippen LogP contribution is 2.39. The second-order valence-corrected chi connectivity index (χ2v) is 10.4. The average molecular weight is 559 g/mol. The lowest BCUT2D eigenvalue weighted by molar-refractivity contribution is -0.142. The Labute approximate surface area is 240 Å². The first-order valence-corrected chi connectivity index (χ1v) is 13.2. The molecule has 42 heavy (non-hydrogen) atoms. The van der Waals surface area contributed by atoms with Crippen molar-refractivity contribution in [1.29, 1.82) is 0 Å². The fourth-order valence-corrected chi connectivity index (χ4v) is 4.78. The Balaban J connectivity index is 1.33. The molecule has 10 nitrogen and oxygen atoms in total. The van der Waals surface area contributed by atoms with E-state index in [1.165, 1.54) is 0 Å². The van der Waals surface area contributed by atoms with Crippen molar-refractivity contribution in [3.63, 3.8) is 0 Å². The van der Waals surface area contributed by atoms with E-state index in [2.05, 4.69) is 30.9 Å². The molecule has 0 aliphatic carbocycles. The van der Waals surface area contributed by atoms with Gasteiger partial charge in [0.25, 0.3) is 11.8 Å². The highest BCUT2D eigenvalue weighted by molar-refractivity contribution is 6.37. The van der Waals surface area contributed by atoms with E-state index in [1.807, 2.05) is 30.3 Å². The Hall–Kier alpha value is -5.77. The van der Waals surface area contributed by atoms with Crippen LogP contribution in [0, 0.1) is 0 Å². The van der Waals surface area contributed by atoms with Gasteiger partial charge >= 0.3 is 5.97 Å². The van der Waals surface area contributed by atoms with E-state index in [4.69, 9.17) is 0 Å². The number of anilines is 3. The number of hydrogen-bond donors (Lipinski definition) is 5. The molecule has 1 aliphatic rings. The normalized spacial score (nSPS) is 13.8. The number of aliphatic carboxylic acids is 1. The van der Waals surface area contributed by atoms with Crippen LogP contribution in [0.15, 0.2) is 91.3 Å². The minimum atomic E-state index is -1.05. The number of aromatic amines is 1. The first-order valence-electron chi connectivity index (χ1n) is 13.2. The molecule has 0 atom stereocenters. The minimum absolute atomic E-state index is 0.183. The van der Waals surface area contributed by atoms with Crippen molar-refractivity contribution in [3.8, 4) is 0 Å². The van der Waals surface area contributed by atoms with Gasteiger partial charge in [0.15, 0.2) is 5.82 Å². The quantitative estimate of drug-likeness (QED) is 0.166. The zero-order chi connectivity index (χ0) is 29.4. The number of amides is 2. The first kappa shape index (κ1) is 26.5. The van der Waals surface area contributed by atoms with Crippen molar-refractivity contribution in [3.05, 3.63) is 114 Å². The average Bonchev–Trinajstić information content (AvgIpc) is 3.57. The SMILES string of the molecule is CC(C)(C(=O)O)c1ccc(N/C(=C2\C(=O)Nc3cc(NC(=O)c4nc5ccccc5[nH]4)ccc32)c2cccnc2)cc1. The monoisotopic (exact) mass is 558 g/mol. The predicted octanol–water partition coefficient (Wildman–Crippen LogP) is 5.50. The fraction of sp³-hybridized carbons (Fsp3) is 0.0938. The molecule has 0 saturated carbocycles. The van der Waals surface area contributed by atoms with E-state index >= 15 is 0 Å². The number of nitrogens with zero attached hydrogens (tertiary/aromatic N) is 2. The van der Waals surface area contributed by atoms with Gasteiger partial charge in [-0.2, -0.15) is 0 Å². The van der Waals surface area contributed by atoms with Crippen LogP contribution in [0.25, 0.3) is 22.3 Å². The molecular formula is C32H26N6O4. The van der Waals surface area contributed by atoms with Crippen LogP contribution in [0.1, 0.15) is 41.2 Å². The molecule has 0 unspecified atom stereocenters. The van der Waals surface area contributed by atoms with E-state index < -0.39 is 17.3 Å². The summed E-state index contributed by atoms with van der Waals surface area (Å²) in [6.45, 7) is 3.29. The molecule has 2 aromatic heterocycles. The largest absolute Gasteiger partial charge is 0.481 e. The molecule has 0 saturated heterocycles. The highest BCUT2D eigenvalue weighted by Gasteiger charge is 2.31. The summed E-state index contributed by atoms with van der Waals surface area (Å²) in [5.74, 6) is -1.46. The van der Waals surface area contributed by atoms with E-state index in [1.54, 1.807) is 74.8 Å². The molecule has 10 heteroatoms. The van der Waals surface area contributed by atoms with E-state index in [0.29, 0.717) is 50.5 Å². The Morgan fingerprint density at radius 2 is 1.67 bits per heavy atom. The zero-order valence-electron chi connectivity index (χ0n) is 22.7. The number of carbonyl (C=O) groups excluding carboxylic acids is 2. The smallest absolute Gasteiger partial charge is 0.313 e. The number of pyridine rings is 1. The molecule has 0 bridgehead atoms. The van der Waals surface area contributed by atoms with E-state index in [9.17, 15) is 19.5 Å². The third-order valence-corrected chi connectivity index (χ3v) is 7.24. The minimum Gasteiger partial charge on any atom is -0.481 e. The summed E-state index contributed by atoms with van der Waals surface area (Å²) < 4.78 is 0. The molecule has 0 radical (unpaired) electrons. The van der Waals surface area contributed by atoms with Crippen LogP contribution >= 0.6 is 0 Å². The second-order valence-electron chi connectivity index (χ2n) is 10.4. The van der Waals surface area contributed by atoms with Crippen molar-refractivity contribution in [1.82, 2.24) is 15.0 Å². The number of carbonyl (C=O) groups is 3. The third-order valence-electron chi connectivity index (χ3n) is 7.24. The summed E-state index contributed by atoms with van der Waals surface area (Å²) in [7, 11) is 0. The first-order chi connectivity index (χ1) is 20.2. The predicted molar refractivity (Wildman–Crippen MR) is 161 cm³/mol. The van der Waals surface area contributed by atoms with Crippen molar-refractivity contribution < 1.29 is 19.5 Å². The number of nitrogens with one attached hydrogen (secondary N) is 4. The van der Waals surface area contributed by atoms with Gasteiger partial charge in [0, 0.05) is 34.9 Å². The highest BCUT2D eigenvalue weighted by atomic mass is 16.4. The number of para-hydroxylation sites is 2. The number of carboxylic acid groups (broad SMARTS) is 1. The van der Waals surface area contributed by atoms with Gasteiger partial charge in [-0.25, -0.2) is 4.98 Å². The van der Waals surface area contributed by atoms with Gasteiger partial charge in [-0.3, -0.25) is 19.4 Å². The Morgan fingerprint density at radius 3 is 2.38 bits per heavy atom. The topological polar surface area (TPSA) is 149 Å². The van der Waals surface area contributed by atoms with Crippen molar-refractivity contribution in [2.75, 3.05) is 16.0 Å². The van der Waals surface area contributed by atoms with Crippen LogP contribution in [-0.4, -0.2) is 37.8 Å². The van der Waals surface area contributed by atoms with Crippen LogP contribution in [0.4, 0.5) is 17.1 Å². The zero-order valence-corrected chi connectivity index (χ0v) is 22.7. The maximum atomic E-state index is 13.4. The number of rotatable bonds is 7. The molecule has 5 N–H and O–H groups in total. The molecule has 3 heterocycles. The lowest BCUT2D eigenvalue weighted by Crippen LogP contribution is -2.28. The molecule has 0 spiro atoms. The number of fused-ring (bicyclic) bond motifs is 2. The number of benzene rings is 3. The number of H-pyrrole nitrogens is 1. The second kappa shape index (κ2) is 10.3. The maximum Gasteiger partial charge on any atom is 0.313 e. The molecule has 1 aliphatic heterocycles. The maximum absolute atomic E-state index is 13.4.